The van der Waals surface area contributed by atoms with Gasteiger partial charge in [-0.05, 0) is 43.2 Å². The van der Waals surface area contributed by atoms with E-state index in [1.165, 1.54) is 4.90 Å². The Labute approximate surface area is 134 Å². The van der Waals surface area contributed by atoms with Gasteiger partial charge in [0.15, 0.2) is 6.61 Å². The van der Waals surface area contributed by atoms with E-state index in [1.807, 2.05) is 32.0 Å². The van der Waals surface area contributed by atoms with Crippen molar-refractivity contribution in [3.63, 3.8) is 0 Å². The SMILES string of the molecule is Cc1cccc(C)c1NC(=O)c1ccc2c(c1)N(C)C(=O)CO2. The number of carbonyl (C=O) groups excluding carboxylic acids is 2. The molecular formula is C18H18N2O3. The fourth-order valence-electron chi connectivity index (χ4n) is 2.61. The summed E-state index contributed by atoms with van der Waals surface area (Å²) < 4.78 is 5.37. The molecule has 0 aromatic heterocycles. The molecule has 0 saturated heterocycles. The quantitative estimate of drug-likeness (QED) is 0.928. The standard InChI is InChI=1S/C18H18N2O3/c1-11-5-4-6-12(2)17(11)19-18(22)13-7-8-15-14(9-13)20(3)16(21)10-23-15/h4-9H,10H2,1-3H3,(H,19,22). The molecule has 2 aromatic carbocycles. The average Bonchev–Trinajstić information content (AvgIpc) is 2.54. The topological polar surface area (TPSA) is 58.6 Å². The van der Waals surface area contributed by atoms with Crippen LogP contribution in [0.4, 0.5) is 11.4 Å². The van der Waals surface area contributed by atoms with Gasteiger partial charge in [0.25, 0.3) is 11.8 Å². The van der Waals surface area contributed by atoms with E-state index >= 15 is 0 Å². The molecule has 118 valence electrons. The highest BCUT2D eigenvalue weighted by atomic mass is 16.5. The summed E-state index contributed by atoms with van der Waals surface area (Å²) in [5.74, 6) is 0.261. The van der Waals surface area contributed by atoms with Gasteiger partial charge < -0.3 is 15.0 Å². The number of para-hydroxylation sites is 1. The highest BCUT2D eigenvalue weighted by Gasteiger charge is 2.23. The first-order chi connectivity index (χ1) is 11.0. The lowest BCUT2D eigenvalue weighted by atomic mass is 10.1. The molecule has 0 spiro atoms. The van der Waals surface area contributed by atoms with Crippen LogP contribution in [0.15, 0.2) is 36.4 Å². The molecule has 0 aliphatic carbocycles. The van der Waals surface area contributed by atoms with E-state index in [1.54, 1.807) is 25.2 Å². The number of nitrogens with zero attached hydrogens (tertiary/aromatic N) is 1. The molecule has 1 aliphatic rings. The van der Waals surface area contributed by atoms with Crippen molar-refractivity contribution in [3.05, 3.63) is 53.1 Å². The Morgan fingerprint density at radius 2 is 1.87 bits per heavy atom. The Morgan fingerprint density at radius 1 is 1.17 bits per heavy atom. The molecule has 0 atom stereocenters. The lowest BCUT2D eigenvalue weighted by molar-refractivity contribution is -0.120. The lowest BCUT2D eigenvalue weighted by Crippen LogP contribution is -2.35. The number of benzene rings is 2. The summed E-state index contributed by atoms with van der Waals surface area (Å²) in [4.78, 5) is 25.8. The second-order valence-electron chi connectivity index (χ2n) is 5.64. The summed E-state index contributed by atoms with van der Waals surface area (Å²) in [7, 11) is 1.68. The fourth-order valence-corrected chi connectivity index (χ4v) is 2.61. The van der Waals surface area contributed by atoms with E-state index in [0.29, 0.717) is 17.0 Å². The molecule has 2 aromatic rings. The number of ether oxygens (including phenoxy) is 1. The second-order valence-corrected chi connectivity index (χ2v) is 5.64. The maximum absolute atomic E-state index is 12.5. The Bertz CT molecular complexity index is 779. The summed E-state index contributed by atoms with van der Waals surface area (Å²) in [6, 6.07) is 11.0. The number of hydrogen-bond donors (Lipinski definition) is 1. The van der Waals surface area contributed by atoms with E-state index in [2.05, 4.69) is 5.32 Å². The van der Waals surface area contributed by atoms with Gasteiger partial charge in [-0.1, -0.05) is 18.2 Å². The van der Waals surface area contributed by atoms with Crippen molar-refractivity contribution in [2.75, 3.05) is 23.9 Å². The van der Waals surface area contributed by atoms with Crippen LogP contribution in [0.5, 0.6) is 5.75 Å². The molecule has 0 radical (unpaired) electrons. The molecule has 5 heteroatoms. The van der Waals surface area contributed by atoms with Gasteiger partial charge in [-0.2, -0.15) is 0 Å². The van der Waals surface area contributed by atoms with Crippen molar-refractivity contribution in [3.8, 4) is 5.75 Å². The van der Waals surface area contributed by atoms with Gasteiger partial charge in [0.1, 0.15) is 5.75 Å². The van der Waals surface area contributed by atoms with Gasteiger partial charge >= 0.3 is 0 Å². The number of fused-ring (bicyclic) bond motifs is 1. The Hall–Kier alpha value is -2.82. The minimum atomic E-state index is -0.211. The second kappa shape index (κ2) is 5.76. The van der Waals surface area contributed by atoms with Crippen molar-refractivity contribution < 1.29 is 14.3 Å². The monoisotopic (exact) mass is 310 g/mol. The molecule has 2 amide bonds. The molecule has 1 aliphatic heterocycles. The van der Waals surface area contributed by atoms with Crippen LogP contribution < -0.4 is 15.0 Å². The lowest BCUT2D eigenvalue weighted by Gasteiger charge is -2.26. The first kappa shape index (κ1) is 15.1. The zero-order valence-electron chi connectivity index (χ0n) is 13.3. The summed E-state index contributed by atoms with van der Waals surface area (Å²) in [5.41, 5.74) is 3.92. The third-order valence-electron chi connectivity index (χ3n) is 4.03. The van der Waals surface area contributed by atoms with Crippen molar-refractivity contribution in [2.45, 2.75) is 13.8 Å². The van der Waals surface area contributed by atoms with E-state index < -0.39 is 0 Å². The zero-order valence-corrected chi connectivity index (χ0v) is 13.3. The van der Waals surface area contributed by atoms with Gasteiger partial charge in [-0.25, -0.2) is 0 Å². The number of amides is 2. The number of rotatable bonds is 2. The third kappa shape index (κ3) is 2.77. The molecule has 3 rings (SSSR count). The Morgan fingerprint density at radius 3 is 2.57 bits per heavy atom. The fraction of sp³-hybridized carbons (Fsp3) is 0.222. The van der Waals surface area contributed by atoms with Crippen molar-refractivity contribution in [1.29, 1.82) is 0 Å². The largest absolute Gasteiger partial charge is 0.482 e. The summed E-state index contributed by atoms with van der Waals surface area (Å²) >= 11 is 0. The highest BCUT2D eigenvalue weighted by Crippen LogP contribution is 2.32. The number of hydrogen-bond acceptors (Lipinski definition) is 3. The third-order valence-corrected chi connectivity index (χ3v) is 4.03. The highest BCUT2D eigenvalue weighted by molar-refractivity contribution is 6.07. The van der Waals surface area contributed by atoms with Crippen LogP contribution in [0, 0.1) is 13.8 Å². The number of anilines is 2. The number of nitrogens with one attached hydrogen (secondary N) is 1. The van der Waals surface area contributed by atoms with Crippen molar-refractivity contribution >= 4 is 23.2 Å². The predicted octanol–water partition coefficient (Wildman–Crippen LogP) is 2.91. The van der Waals surface area contributed by atoms with Crippen LogP contribution in [0.3, 0.4) is 0 Å². The van der Waals surface area contributed by atoms with Crippen molar-refractivity contribution in [2.24, 2.45) is 0 Å². The molecule has 0 unspecified atom stereocenters. The zero-order chi connectivity index (χ0) is 16.6. The van der Waals surface area contributed by atoms with Crippen LogP contribution in [-0.2, 0) is 4.79 Å². The van der Waals surface area contributed by atoms with Crippen LogP contribution in [0.25, 0.3) is 0 Å². The molecule has 1 heterocycles. The Kier molecular flexibility index (Phi) is 3.78. The first-order valence-electron chi connectivity index (χ1n) is 7.38. The maximum Gasteiger partial charge on any atom is 0.264 e. The summed E-state index contributed by atoms with van der Waals surface area (Å²) in [6.45, 7) is 3.93. The van der Waals surface area contributed by atoms with Gasteiger partial charge in [0.2, 0.25) is 0 Å². The first-order valence-corrected chi connectivity index (χ1v) is 7.38. The molecule has 0 fully saturated rings. The normalized spacial score (nSPS) is 13.3. The summed E-state index contributed by atoms with van der Waals surface area (Å²) in [5, 5.41) is 2.94. The molecule has 0 saturated carbocycles. The molecule has 23 heavy (non-hydrogen) atoms. The van der Waals surface area contributed by atoms with Crippen LogP contribution in [0.1, 0.15) is 21.5 Å². The number of carbonyl (C=O) groups is 2. The minimum Gasteiger partial charge on any atom is -0.482 e. The van der Waals surface area contributed by atoms with E-state index in [9.17, 15) is 9.59 Å². The molecule has 0 bridgehead atoms. The van der Waals surface area contributed by atoms with Crippen LogP contribution in [0.2, 0.25) is 0 Å². The van der Waals surface area contributed by atoms with Crippen LogP contribution >= 0.6 is 0 Å². The van der Waals surface area contributed by atoms with Gasteiger partial charge in [-0.15, -0.1) is 0 Å². The van der Waals surface area contributed by atoms with E-state index in [-0.39, 0.29) is 18.4 Å². The van der Waals surface area contributed by atoms with Gasteiger partial charge in [0.05, 0.1) is 5.69 Å². The minimum absolute atomic E-state index is 0.0252. The maximum atomic E-state index is 12.5. The van der Waals surface area contributed by atoms with Gasteiger partial charge in [-0.3, -0.25) is 9.59 Å². The smallest absolute Gasteiger partial charge is 0.264 e. The average molecular weight is 310 g/mol. The number of aryl methyl sites for hydroxylation is 2. The van der Waals surface area contributed by atoms with Gasteiger partial charge in [0, 0.05) is 18.3 Å². The molecular weight excluding hydrogens is 292 g/mol. The van der Waals surface area contributed by atoms with Crippen LogP contribution in [-0.4, -0.2) is 25.5 Å². The van der Waals surface area contributed by atoms with Crippen molar-refractivity contribution in [1.82, 2.24) is 0 Å². The van der Waals surface area contributed by atoms with E-state index in [0.717, 1.165) is 16.8 Å². The predicted molar refractivity (Wildman–Crippen MR) is 89.2 cm³/mol. The number of likely N-dealkylation sites (N-methyl/N-ethyl adjacent to an activating group) is 1. The Balaban J connectivity index is 1.90. The van der Waals surface area contributed by atoms with E-state index in [4.69, 9.17) is 4.74 Å². The summed E-state index contributed by atoms with van der Waals surface area (Å²) in [6.07, 6.45) is 0. The molecule has 5 nitrogen and oxygen atoms in total. The molecule has 1 N–H and O–H groups in total.